The number of amides is 1. The van der Waals surface area contributed by atoms with E-state index in [4.69, 9.17) is 0 Å². The number of hydrogen-bond donors (Lipinski definition) is 1. The van der Waals surface area contributed by atoms with E-state index in [0.717, 1.165) is 42.4 Å². The van der Waals surface area contributed by atoms with Gasteiger partial charge in [-0.15, -0.1) is 0 Å². The van der Waals surface area contributed by atoms with E-state index in [2.05, 4.69) is 39.1 Å². The molecule has 1 amide bonds. The summed E-state index contributed by atoms with van der Waals surface area (Å²) in [5, 5.41) is 0. The van der Waals surface area contributed by atoms with E-state index < -0.39 is 0 Å². The van der Waals surface area contributed by atoms with E-state index in [-0.39, 0.29) is 5.91 Å². The third kappa shape index (κ3) is 2.06. The minimum Gasteiger partial charge on any atom is -0.345 e. The largest absolute Gasteiger partial charge is 0.345 e. The number of nitrogens with zero attached hydrogens (tertiary/aromatic N) is 2. The maximum atomic E-state index is 13.1. The predicted molar refractivity (Wildman–Crippen MR) is 93.0 cm³/mol. The van der Waals surface area contributed by atoms with E-state index >= 15 is 0 Å². The molecule has 4 nitrogen and oxygen atoms in total. The first-order chi connectivity index (χ1) is 11.8. The van der Waals surface area contributed by atoms with Crippen LogP contribution in [0.25, 0.3) is 11.0 Å². The topological polar surface area (TPSA) is 49.0 Å². The van der Waals surface area contributed by atoms with E-state index in [1.165, 1.54) is 11.1 Å². The van der Waals surface area contributed by atoms with Crippen LogP contribution >= 0.6 is 0 Å². The quantitative estimate of drug-likeness (QED) is 0.746. The van der Waals surface area contributed by atoms with Gasteiger partial charge in [0.25, 0.3) is 5.91 Å². The Labute approximate surface area is 140 Å². The van der Waals surface area contributed by atoms with Crippen molar-refractivity contribution in [1.82, 2.24) is 14.9 Å². The first-order valence-corrected chi connectivity index (χ1v) is 8.61. The lowest BCUT2D eigenvalue weighted by Crippen LogP contribution is -2.48. The fourth-order valence-electron chi connectivity index (χ4n) is 4.40. The average Bonchev–Trinajstić information content (AvgIpc) is 3.09. The van der Waals surface area contributed by atoms with Gasteiger partial charge in [0.05, 0.1) is 17.4 Å². The minimum atomic E-state index is 0.148. The molecule has 1 unspecified atom stereocenters. The molecule has 5 rings (SSSR count). The highest BCUT2D eigenvalue weighted by Crippen LogP contribution is 2.40. The molecule has 1 saturated heterocycles. The molecule has 24 heavy (non-hydrogen) atoms. The molecule has 1 N–H and O–H groups in total. The van der Waals surface area contributed by atoms with Gasteiger partial charge in [0.2, 0.25) is 0 Å². The number of piperidine rings is 1. The van der Waals surface area contributed by atoms with E-state index in [1.807, 2.05) is 18.2 Å². The molecule has 120 valence electrons. The van der Waals surface area contributed by atoms with Gasteiger partial charge in [0.1, 0.15) is 0 Å². The molecule has 2 atom stereocenters. The standard InChI is InChI=1S/C20H19N3O/c24-20(15-5-6-18-19(11-15)22-12-21-18)23-8-7-14-10-16(23)9-13-3-1-2-4-17(13)14/h1-6,11-12,14,16H,7-10H2,(H,21,22)/t14?,16-/m0/s1. The number of aromatic nitrogens is 2. The van der Waals surface area contributed by atoms with Crippen LogP contribution in [-0.2, 0) is 6.42 Å². The maximum absolute atomic E-state index is 13.1. The second kappa shape index (κ2) is 5.20. The molecule has 1 aliphatic heterocycles. The fraction of sp³-hybridized carbons (Fsp3) is 0.300. The summed E-state index contributed by atoms with van der Waals surface area (Å²) in [5.41, 5.74) is 5.49. The summed E-state index contributed by atoms with van der Waals surface area (Å²) in [6.45, 7) is 0.851. The van der Waals surface area contributed by atoms with Gasteiger partial charge in [-0.05, 0) is 54.5 Å². The molecule has 1 fully saturated rings. The lowest BCUT2D eigenvalue weighted by molar-refractivity contribution is 0.0574. The number of H-pyrrole nitrogens is 1. The van der Waals surface area contributed by atoms with E-state index in [0.29, 0.717) is 12.0 Å². The minimum absolute atomic E-state index is 0.148. The number of benzene rings is 2. The predicted octanol–water partition coefficient (Wildman–Crippen LogP) is 3.51. The first kappa shape index (κ1) is 13.8. The molecule has 2 aromatic carbocycles. The van der Waals surface area contributed by atoms with Gasteiger partial charge in [-0.3, -0.25) is 4.79 Å². The van der Waals surface area contributed by atoms with Crippen molar-refractivity contribution in [3.05, 3.63) is 65.5 Å². The Balaban J connectivity index is 1.46. The lowest BCUT2D eigenvalue weighted by Gasteiger charge is -2.44. The van der Waals surface area contributed by atoms with Crippen LogP contribution in [-0.4, -0.2) is 33.4 Å². The number of aromatic amines is 1. The zero-order valence-corrected chi connectivity index (χ0v) is 13.4. The van der Waals surface area contributed by atoms with Crippen molar-refractivity contribution >= 4 is 16.9 Å². The van der Waals surface area contributed by atoms with Crippen LogP contribution in [0, 0.1) is 0 Å². The highest BCUT2D eigenvalue weighted by Gasteiger charge is 2.37. The normalized spacial score (nSPS) is 22.4. The van der Waals surface area contributed by atoms with Gasteiger partial charge in [0.15, 0.2) is 0 Å². The molecular weight excluding hydrogens is 298 g/mol. The fourth-order valence-corrected chi connectivity index (χ4v) is 4.40. The Morgan fingerprint density at radius 3 is 3.08 bits per heavy atom. The average molecular weight is 317 g/mol. The summed E-state index contributed by atoms with van der Waals surface area (Å²) in [4.78, 5) is 22.5. The molecule has 3 aromatic rings. The summed E-state index contributed by atoms with van der Waals surface area (Å²) < 4.78 is 0. The van der Waals surface area contributed by atoms with Crippen molar-refractivity contribution in [2.75, 3.05) is 6.54 Å². The maximum Gasteiger partial charge on any atom is 0.254 e. The monoisotopic (exact) mass is 317 g/mol. The van der Waals surface area contributed by atoms with Crippen LogP contribution < -0.4 is 0 Å². The number of nitrogens with one attached hydrogen (secondary N) is 1. The van der Waals surface area contributed by atoms with Gasteiger partial charge < -0.3 is 9.88 Å². The zero-order valence-electron chi connectivity index (χ0n) is 13.4. The van der Waals surface area contributed by atoms with Crippen molar-refractivity contribution in [3.8, 4) is 0 Å². The summed E-state index contributed by atoms with van der Waals surface area (Å²) in [5.74, 6) is 0.758. The molecule has 2 bridgehead atoms. The number of fused-ring (bicyclic) bond motifs is 5. The molecular formula is C20H19N3O. The number of rotatable bonds is 1. The molecule has 0 saturated carbocycles. The van der Waals surface area contributed by atoms with Crippen LogP contribution in [0.4, 0.5) is 0 Å². The van der Waals surface area contributed by atoms with E-state index in [1.54, 1.807) is 6.33 Å². The van der Waals surface area contributed by atoms with E-state index in [9.17, 15) is 4.79 Å². The summed E-state index contributed by atoms with van der Waals surface area (Å²) in [6.07, 6.45) is 4.80. The van der Waals surface area contributed by atoms with Crippen molar-refractivity contribution in [2.24, 2.45) is 0 Å². The summed E-state index contributed by atoms with van der Waals surface area (Å²) >= 11 is 0. The highest BCUT2D eigenvalue weighted by atomic mass is 16.2. The Kier molecular flexibility index (Phi) is 2.98. The van der Waals surface area contributed by atoms with Crippen molar-refractivity contribution < 1.29 is 4.79 Å². The summed E-state index contributed by atoms with van der Waals surface area (Å²) in [6, 6.07) is 14.8. The van der Waals surface area contributed by atoms with Gasteiger partial charge in [-0.1, -0.05) is 24.3 Å². The van der Waals surface area contributed by atoms with Crippen LogP contribution in [0.2, 0.25) is 0 Å². The van der Waals surface area contributed by atoms with Crippen molar-refractivity contribution in [3.63, 3.8) is 0 Å². The Morgan fingerprint density at radius 2 is 2.12 bits per heavy atom. The van der Waals surface area contributed by atoms with Gasteiger partial charge >= 0.3 is 0 Å². The first-order valence-electron chi connectivity index (χ1n) is 8.61. The van der Waals surface area contributed by atoms with Crippen molar-refractivity contribution in [1.29, 1.82) is 0 Å². The molecule has 0 spiro atoms. The molecule has 0 radical (unpaired) electrons. The summed E-state index contributed by atoms with van der Waals surface area (Å²) in [7, 11) is 0. The Hall–Kier alpha value is -2.62. The molecule has 1 aromatic heterocycles. The van der Waals surface area contributed by atoms with Crippen LogP contribution in [0.1, 0.15) is 40.2 Å². The van der Waals surface area contributed by atoms with Crippen molar-refractivity contribution in [2.45, 2.75) is 31.2 Å². The molecule has 1 aliphatic carbocycles. The zero-order chi connectivity index (χ0) is 16.1. The third-order valence-corrected chi connectivity index (χ3v) is 5.59. The number of likely N-dealkylation sites (tertiary alicyclic amines) is 1. The number of hydrogen-bond acceptors (Lipinski definition) is 2. The van der Waals surface area contributed by atoms with Crippen LogP contribution in [0.3, 0.4) is 0 Å². The highest BCUT2D eigenvalue weighted by molar-refractivity contribution is 5.97. The van der Waals surface area contributed by atoms with Gasteiger partial charge in [-0.25, -0.2) is 4.98 Å². The second-order valence-corrected chi connectivity index (χ2v) is 6.91. The second-order valence-electron chi connectivity index (χ2n) is 6.91. The molecule has 4 heteroatoms. The lowest BCUT2D eigenvalue weighted by atomic mass is 9.75. The smallest absolute Gasteiger partial charge is 0.254 e. The number of imidazole rings is 1. The van der Waals surface area contributed by atoms with Gasteiger partial charge in [0, 0.05) is 18.2 Å². The molecule has 2 heterocycles. The third-order valence-electron chi connectivity index (χ3n) is 5.59. The Bertz CT molecular complexity index is 929. The number of carbonyl (C=O) groups excluding carboxylic acids is 1. The molecule has 2 aliphatic rings. The van der Waals surface area contributed by atoms with Crippen LogP contribution in [0.5, 0.6) is 0 Å². The number of carbonyl (C=O) groups is 1. The Morgan fingerprint density at radius 1 is 1.21 bits per heavy atom. The van der Waals surface area contributed by atoms with Gasteiger partial charge in [-0.2, -0.15) is 0 Å². The van der Waals surface area contributed by atoms with Crippen LogP contribution in [0.15, 0.2) is 48.8 Å². The SMILES string of the molecule is O=C(c1ccc2nc[nH]c2c1)N1CCC2C[C@@H]1Cc1ccccc12.